The van der Waals surface area contributed by atoms with E-state index in [0.29, 0.717) is 32.7 Å². The number of halogens is 2. The van der Waals surface area contributed by atoms with Crippen molar-refractivity contribution in [1.29, 1.82) is 0 Å². The summed E-state index contributed by atoms with van der Waals surface area (Å²) in [5.41, 5.74) is 2.08. The van der Waals surface area contributed by atoms with Gasteiger partial charge in [0.15, 0.2) is 0 Å². The van der Waals surface area contributed by atoms with Gasteiger partial charge >= 0.3 is 5.97 Å². The van der Waals surface area contributed by atoms with E-state index in [-0.39, 0.29) is 5.56 Å². The Morgan fingerprint density at radius 3 is 2.76 bits per heavy atom. The first-order valence-corrected chi connectivity index (χ1v) is 6.73. The number of carbonyl (C=O) groups is 1. The second-order valence-electron chi connectivity index (χ2n) is 4.37. The molecule has 0 aliphatic carbocycles. The lowest BCUT2D eigenvalue weighted by molar-refractivity contribution is 0.0697. The number of nitrogens with zero attached hydrogens (tertiary/aromatic N) is 1. The highest BCUT2D eigenvalue weighted by Crippen LogP contribution is 2.28. The Bertz CT molecular complexity index is 845. The minimum absolute atomic E-state index is 0.193. The number of aromatic nitrogens is 2. The van der Waals surface area contributed by atoms with Crippen molar-refractivity contribution in [2.24, 2.45) is 0 Å². The number of carboxylic acids is 1. The predicted octanol–water partition coefficient (Wildman–Crippen LogP) is 4.31. The van der Waals surface area contributed by atoms with Crippen LogP contribution < -0.4 is 5.32 Å². The summed E-state index contributed by atoms with van der Waals surface area (Å²) in [6, 6.07) is 9.71. The molecule has 5 nitrogen and oxygen atoms in total. The smallest absolute Gasteiger partial charge is 0.335 e. The number of aromatic amines is 1. The summed E-state index contributed by atoms with van der Waals surface area (Å²) in [7, 11) is 0. The van der Waals surface area contributed by atoms with Crippen LogP contribution in [0.5, 0.6) is 0 Å². The Kier molecular flexibility index (Phi) is 3.45. The lowest BCUT2D eigenvalue weighted by Crippen LogP contribution is -1.94. The molecule has 0 spiro atoms. The number of aromatic carboxylic acids is 1. The van der Waals surface area contributed by atoms with Gasteiger partial charge in [-0.15, -0.1) is 0 Å². The van der Waals surface area contributed by atoms with Crippen LogP contribution >= 0.6 is 23.2 Å². The summed E-state index contributed by atoms with van der Waals surface area (Å²) in [5.74, 6) is -0.532. The summed E-state index contributed by atoms with van der Waals surface area (Å²) in [5, 5.41) is 13.0. The van der Waals surface area contributed by atoms with Crippen molar-refractivity contribution in [3.63, 3.8) is 0 Å². The average molecular weight is 322 g/mol. The third-order valence-electron chi connectivity index (χ3n) is 2.91. The highest BCUT2D eigenvalue weighted by Gasteiger charge is 2.09. The molecule has 3 N–H and O–H groups in total. The molecule has 0 bridgehead atoms. The predicted molar refractivity (Wildman–Crippen MR) is 82.8 cm³/mol. The largest absolute Gasteiger partial charge is 0.478 e. The van der Waals surface area contributed by atoms with Crippen LogP contribution in [0.3, 0.4) is 0 Å². The van der Waals surface area contributed by atoms with Gasteiger partial charge in [-0.05, 0) is 36.4 Å². The zero-order valence-electron chi connectivity index (χ0n) is 10.5. The quantitative estimate of drug-likeness (QED) is 0.671. The number of anilines is 2. The summed E-state index contributed by atoms with van der Waals surface area (Å²) >= 11 is 12.0. The van der Waals surface area contributed by atoms with E-state index in [4.69, 9.17) is 28.3 Å². The highest BCUT2D eigenvalue weighted by molar-refractivity contribution is 6.35. The number of benzene rings is 2. The maximum absolute atomic E-state index is 10.9. The van der Waals surface area contributed by atoms with Gasteiger partial charge in [0.1, 0.15) is 0 Å². The van der Waals surface area contributed by atoms with Crippen LogP contribution in [0.15, 0.2) is 36.4 Å². The monoisotopic (exact) mass is 321 g/mol. The van der Waals surface area contributed by atoms with E-state index >= 15 is 0 Å². The van der Waals surface area contributed by atoms with Crippen LogP contribution in [0.25, 0.3) is 11.0 Å². The van der Waals surface area contributed by atoms with Gasteiger partial charge in [-0.2, -0.15) is 0 Å². The molecule has 3 aromatic rings. The number of carboxylic acid groups (broad SMARTS) is 1. The average Bonchev–Trinajstić information content (AvgIpc) is 2.84. The number of imidazole rings is 1. The van der Waals surface area contributed by atoms with Gasteiger partial charge in [-0.1, -0.05) is 23.2 Å². The summed E-state index contributed by atoms with van der Waals surface area (Å²) in [6.45, 7) is 0. The molecule has 0 aliphatic heterocycles. The van der Waals surface area contributed by atoms with E-state index in [0.717, 1.165) is 0 Å². The van der Waals surface area contributed by atoms with E-state index in [1.165, 1.54) is 12.1 Å². The van der Waals surface area contributed by atoms with Gasteiger partial charge in [0.25, 0.3) is 0 Å². The highest BCUT2D eigenvalue weighted by atomic mass is 35.5. The van der Waals surface area contributed by atoms with Crippen molar-refractivity contribution in [3.05, 3.63) is 52.0 Å². The second kappa shape index (κ2) is 5.27. The fourth-order valence-corrected chi connectivity index (χ4v) is 2.26. The number of rotatable bonds is 3. The van der Waals surface area contributed by atoms with Crippen molar-refractivity contribution < 1.29 is 9.90 Å². The van der Waals surface area contributed by atoms with Crippen LogP contribution in [0.1, 0.15) is 10.4 Å². The van der Waals surface area contributed by atoms with E-state index in [9.17, 15) is 4.79 Å². The number of H-pyrrole nitrogens is 1. The maximum atomic E-state index is 10.9. The van der Waals surface area contributed by atoms with Gasteiger partial charge in [0.05, 0.1) is 27.3 Å². The lowest BCUT2D eigenvalue weighted by atomic mass is 10.2. The van der Waals surface area contributed by atoms with Crippen LogP contribution in [-0.2, 0) is 0 Å². The first-order valence-electron chi connectivity index (χ1n) is 5.98. The van der Waals surface area contributed by atoms with Gasteiger partial charge < -0.3 is 15.4 Å². The van der Waals surface area contributed by atoms with E-state index in [2.05, 4.69) is 15.3 Å². The molecule has 2 aromatic carbocycles. The third kappa shape index (κ3) is 2.79. The minimum Gasteiger partial charge on any atom is -0.478 e. The number of fused-ring (bicyclic) bond motifs is 1. The van der Waals surface area contributed by atoms with E-state index in [1.807, 2.05) is 0 Å². The summed E-state index contributed by atoms with van der Waals surface area (Å²) in [4.78, 5) is 18.3. The molecule has 1 aromatic heterocycles. The lowest BCUT2D eigenvalue weighted by Gasteiger charge is -2.05. The Morgan fingerprint density at radius 2 is 2.00 bits per heavy atom. The maximum Gasteiger partial charge on any atom is 0.335 e. The molecular weight excluding hydrogens is 313 g/mol. The normalized spacial score (nSPS) is 10.8. The molecule has 21 heavy (non-hydrogen) atoms. The molecule has 0 saturated carbocycles. The molecule has 3 rings (SSSR count). The molecule has 0 unspecified atom stereocenters. The van der Waals surface area contributed by atoms with Gasteiger partial charge in [-0.25, -0.2) is 9.78 Å². The number of hydrogen-bond donors (Lipinski definition) is 3. The second-order valence-corrected chi connectivity index (χ2v) is 5.22. The fourth-order valence-electron chi connectivity index (χ4n) is 1.92. The molecule has 0 amide bonds. The molecule has 0 fully saturated rings. The van der Waals surface area contributed by atoms with E-state index in [1.54, 1.807) is 24.3 Å². The molecule has 1 heterocycles. The van der Waals surface area contributed by atoms with Crippen LogP contribution in [0, 0.1) is 0 Å². The molecule has 0 aliphatic rings. The molecule has 7 heteroatoms. The van der Waals surface area contributed by atoms with Crippen molar-refractivity contribution in [3.8, 4) is 0 Å². The zero-order valence-corrected chi connectivity index (χ0v) is 12.0. The first-order chi connectivity index (χ1) is 10.0. The van der Waals surface area contributed by atoms with Crippen LogP contribution in [0.4, 0.5) is 11.6 Å². The molecule has 0 saturated heterocycles. The zero-order chi connectivity index (χ0) is 15.0. The Balaban J connectivity index is 1.97. The van der Waals surface area contributed by atoms with Crippen molar-refractivity contribution in [2.45, 2.75) is 0 Å². The molecular formula is C14H9Cl2N3O2. The summed E-state index contributed by atoms with van der Waals surface area (Å²) < 4.78 is 0. The number of nitrogens with one attached hydrogen (secondary N) is 2. The third-order valence-corrected chi connectivity index (χ3v) is 3.47. The fraction of sp³-hybridized carbons (Fsp3) is 0. The van der Waals surface area contributed by atoms with Crippen LogP contribution in [-0.4, -0.2) is 21.0 Å². The Hall–Kier alpha value is -2.24. The van der Waals surface area contributed by atoms with Gasteiger partial charge in [0, 0.05) is 5.02 Å². The Morgan fingerprint density at radius 1 is 1.19 bits per heavy atom. The molecule has 0 atom stereocenters. The molecule has 0 radical (unpaired) electrons. The van der Waals surface area contributed by atoms with Crippen molar-refractivity contribution in [2.75, 3.05) is 5.32 Å². The molecule has 106 valence electrons. The van der Waals surface area contributed by atoms with Crippen molar-refractivity contribution in [1.82, 2.24) is 9.97 Å². The minimum atomic E-state index is -0.987. The Labute approximate surface area is 129 Å². The van der Waals surface area contributed by atoms with Gasteiger partial charge in [0.2, 0.25) is 5.95 Å². The van der Waals surface area contributed by atoms with Gasteiger partial charge in [-0.3, -0.25) is 0 Å². The SMILES string of the molecule is O=C(O)c1ccc2nc(Nc3cc(Cl)ccc3Cl)[nH]c2c1. The van der Waals surface area contributed by atoms with Crippen molar-refractivity contribution >= 4 is 51.8 Å². The summed E-state index contributed by atoms with van der Waals surface area (Å²) in [6.07, 6.45) is 0. The topological polar surface area (TPSA) is 78.0 Å². The first kappa shape index (κ1) is 13.7. The number of hydrogen-bond acceptors (Lipinski definition) is 3. The van der Waals surface area contributed by atoms with Crippen LogP contribution in [0.2, 0.25) is 10.0 Å². The standard InChI is InChI=1S/C14H9Cl2N3O2/c15-8-2-3-9(16)11(6-8)18-14-17-10-4-1-7(13(20)21)5-12(10)19-14/h1-6H,(H,20,21)(H2,17,18,19). The van der Waals surface area contributed by atoms with E-state index < -0.39 is 5.97 Å².